The fraction of sp³-hybridized carbons (Fsp3) is 0.400. The van der Waals surface area contributed by atoms with Crippen molar-refractivity contribution in [1.29, 1.82) is 0 Å². The molecule has 1 atom stereocenters. The van der Waals surface area contributed by atoms with Crippen LogP contribution < -0.4 is 0 Å². The van der Waals surface area contributed by atoms with Gasteiger partial charge in [-0.05, 0) is 24.6 Å². The van der Waals surface area contributed by atoms with E-state index in [-0.39, 0.29) is 18.8 Å². The Hall–Kier alpha value is -0.930. The van der Waals surface area contributed by atoms with Gasteiger partial charge in [-0.3, -0.25) is 0 Å². The monoisotopic (exact) mass is 184 g/mol. The standard InChI is InChI=1S/C10H13FO2/c1-10(13,6-7-12)8-2-4-9(11)5-3-8/h2-5,12-13H,6-7H2,1H3. The first-order valence-corrected chi connectivity index (χ1v) is 4.15. The Balaban J connectivity index is 2.87. The first kappa shape index (κ1) is 10.2. The Labute approximate surface area is 76.6 Å². The summed E-state index contributed by atoms with van der Waals surface area (Å²) >= 11 is 0. The molecule has 3 heteroatoms. The molecule has 2 N–H and O–H groups in total. The summed E-state index contributed by atoms with van der Waals surface area (Å²) in [5.74, 6) is -0.330. The lowest BCUT2D eigenvalue weighted by Gasteiger charge is -2.22. The molecule has 72 valence electrons. The summed E-state index contributed by atoms with van der Waals surface area (Å²) in [7, 11) is 0. The minimum Gasteiger partial charge on any atom is -0.396 e. The van der Waals surface area contributed by atoms with Crippen molar-refractivity contribution in [2.45, 2.75) is 18.9 Å². The Morgan fingerprint density at radius 1 is 1.31 bits per heavy atom. The van der Waals surface area contributed by atoms with Gasteiger partial charge in [0.25, 0.3) is 0 Å². The lowest BCUT2D eigenvalue weighted by Crippen LogP contribution is -2.22. The minimum absolute atomic E-state index is 0.0929. The van der Waals surface area contributed by atoms with Crippen LogP contribution in [0.3, 0.4) is 0 Å². The third-order valence-corrected chi connectivity index (χ3v) is 2.06. The van der Waals surface area contributed by atoms with Crippen molar-refractivity contribution in [3.8, 4) is 0 Å². The summed E-state index contributed by atoms with van der Waals surface area (Å²) in [4.78, 5) is 0. The molecular weight excluding hydrogens is 171 g/mol. The Morgan fingerprint density at radius 2 is 1.85 bits per heavy atom. The van der Waals surface area contributed by atoms with Crippen LogP contribution in [0.5, 0.6) is 0 Å². The van der Waals surface area contributed by atoms with Gasteiger partial charge in [-0.25, -0.2) is 4.39 Å². The molecule has 0 fully saturated rings. The highest BCUT2D eigenvalue weighted by Crippen LogP contribution is 2.23. The predicted molar refractivity (Wildman–Crippen MR) is 47.7 cm³/mol. The zero-order valence-electron chi connectivity index (χ0n) is 7.50. The normalized spacial score (nSPS) is 15.4. The maximum atomic E-state index is 12.5. The fourth-order valence-corrected chi connectivity index (χ4v) is 1.17. The Morgan fingerprint density at radius 3 is 2.31 bits per heavy atom. The lowest BCUT2D eigenvalue weighted by molar-refractivity contribution is 0.0299. The second kappa shape index (κ2) is 3.85. The summed E-state index contributed by atoms with van der Waals surface area (Å²) in [6.45, 7) is 1.50. The number of hydrogen-bond donors (Lipinski definition) is 2. The minimum atomic E-state index is -1.08. The third kappa shape index (κ3) is 2.50. The van der Waals surface area contributed by atoms with Crippen molar-refractivity contribution < 1.29 is 14.6 Å². The Bertz CT molecular complexity index is 267. The number of hydrogen-bond acceptors (Lipinski definition) is 2. The molecule has 1 rings (SSSR count). The molecule has 1 aromatic carbocycles. The molecule has 0 saturated heterocycles. The molecule has 0 spiro atoms. The molecule has 0 aliphatic rings. The van der Waals surface area contributed by atoms with Crippen LogP contribution in [0.1, 0.15) is 18.9 Å². The smallest absolute Gasteiger partial charge is 0.123 e. The number of rotatable bonds is 3. The SMILES string of the molecule is CC(O)(CCO)c1ccc(F)cc1. The molecule has 0 bridgehead atoms. The van der Waals surface area contributed by atoms with Gasteiger partial charge in [-0.2, -0.15) is 0 Å². The fourth-order valence-electron chi connectivity index (χ4n) is 1.17. The van der Waals surface area contributed by atoms with Crippen molar-refractivity contribution in [2.24, 2.45) is 0 Å². The average Bonchev–Trinajstić information content (AvgIpc) is 2.05. The van der Waals surface area contributed by atoms with Crippen molar-refractivity contribution in [3.63, 3.8) is 0 Å². The van der Waals surface area contributed by atoms with Crippen LogP contribution >= 0.6 is 0 Å². The molecule has 0 aliphatic heterocycles. The largest absolute Gasteiger partial charge is 0.396 e. The molecule has 0 heterocycles. The average molecular weight is 184 g/mol. The highest BCUT2D eigenvalue weighted by molar-refractivity contribution is 5.22. The van der Waals surface area contributed by atoms with E-state index in [2.05, 4.69) is 0 Å². The van der Waals surface area contributed by atoms with Gasteiger partial charge in [0.15, 0.2) is 0 Å². The maximum Gasteiger partial charge on any atom is 0.123 e. The zero-order valence-corrected chi connectivity index (χ0v) is 7.50. The second-order valence-corrected chi connectivity index (χ2v) is 3.25. The number of benzene rings is 1. The summed E-state index contributed by atoms with van der Waals surface area (Å²) in [6.07, 6.45) is 0.249. The molecule has 0 aromatic heterocycles. The van der Waals surface area contributed by atoms with Crippen molar-refractivity contribution in [1.82, 2.24) is 0 Å². The van der Waals surface area contributed by atoms with Gasteiger partial charge in [0.1, 0.15) is 5.82 Å². The van der Waals surface area contributed by atoms with Crippen LogP contribution in [0.25, 0.3) is 0 Å². The molecule has 13 heavy (non-hydrogen) atoms. The second-order valence-electron chi connectivity index (χ2n) is 3.25. The van der Waals surface area contributed by atoms with E-state index in [9.17, 15) is 9.50 Å². The molecule has 1 aromatic rings. The number of halogens is 1. The van der Waals surface area contributed by atoms with Crippen LogP contribution in [0.15, 0.2) is 24.3 Å². The third-order valence-electron chi connectivity index (χ3n) is 2.06. The summed E-state index contributed by atoms with van der Waals surface area (Å²) in [5.41, 5.74) is -0.467. The maximum absolute atomic E-state index is 12.5. The summed E-state index contributed by atoms with van der Waals surface area (Å²) in [5, 5.41) is 18.5. The highest BCUT2D eigenvalue weighted by atomic mass is 19.1. The number of aliphatic hydroxyl groups is 2. The lowest BCUT2D eigenvalue weighted by atomic mass is 9.93. The molecule has 0 saturated carbocycles. The van der Waals surface area contributed by atoms with Gasteiger partial charge in [0, 0.05) is 13.0 Å². The van der Waals surface area contributed by atoms with E-state index in [1.165, 1.54) is 24.3 Å². The predicted octanol–water partition coefficient (Wildman–Crippen LogP) is 1.42. The van der Waals surface area contributed by atoms with E-state index in [1.54, 1.807) is 6.92 Å². The van der Waals surface area contributed by atoms with Gasteiger partial charge in [-0.1, -0.05) is 12.1 Å². The van der Waals surface area contributed by atoms with Gasteiger partial charge >= 0.3 is 0 Å². The van der Waals surface area contributed by atoms with E-state index >= 15 is 0 Å². The highest BCUT2D eigenvalue weighted by Gasteiger charge is 2.21. The van der Waals surface area contributed by atoms with E-state index in [1.807, 2.05) is 0 Å². The zero-order chi connectivity index (χ0) is 9.90. The molecule has 0 radical (unpaired) electrons. The van der Waals surface area contributed by atoms with Crippen LogP contribution in [0, 0.1) is 5.82 Å². The molecule has 1 unspecified atom stereocenters. The molecule has 2 nitrogen and oxygen atoms in total. The van der Waals surface area contributed by atoms with Crippen LogP contribution in [-0.4, -0.2) is 16.8 Å². The van der Waals surface area contributed by atoms with E-state index < -0.39 is 5.60 Å². The van der Waals surface area contributed by atoms with Crippen LogP contribution in [-0.2, 0) is 5.60 Å². The van der Waals surface area contributed by atoms with Crippen molar-refractivity contribution in [3.05, 3.63) is 35.6 Å². The topological polar surface area (TPSA) is 40.5 Å². The van der Waals surface area contributed by atoms with E-state index in [0.717, 1.165) is 0 Å². The summed E-state index contributed by atoms with van der Waals surface area (Å²) < 4.78 is 12.5. The van der Waals surface area contributed by atoms with E-state index in [4.69, 9.17) is 5.11 Å². The molecular formula is C10H13FO2. The van der Waals surface area contributed by atoms with Crippen LogP contribution in [0.4, 0.5) is 4.39 Å². The van der Waals surface area contributed by atoms with E-state index in [0.29, 0.717) is 5.56 Å². The van der Waals surface area contributed by atoms with Crippen LogP contribution in [0.2, 0.25) is 0 Å². The van der Waals surface area contributed by atoms with Gasteiger partial charge < -0.3 is 10.2 Å². The number of aliphatic hydroxyl groups excluding tert-OH is 1. The first-order chi connectivity index (χ1) is 6.06. The quantitative estimate of drug-likeness (QED) is 0.745. The van der Waals surface area contributed by atoms with Gasteiger partial charge in [0.05, 0.1) is 5.60 Å². The molecule has 0 aliphatic carbocycles. The Kier molecular flexibility index (Phi) is 3.01. The van der Waals surface area contributed by atoms with Crippen molar-refractivity contribution >= 4 is 0 Å². The summed E-state index contributed by atoms with van der Waals surface area (Å²) in [6, 6.07) is 5.62. The molecule has 0 amide bonds. The van der Waals surface area contributed by atoms with Gasteiger partial charge in [0.2, 0.25) is 0 Å². The van der Waals surface area contributed by atoms with Gasteiger partial charge in [-0.15, -0.1) is 0 Å². The van der Waals surface area contributed by atoms with Crippen molar-refractivity contribution in [2.75, 3.05) is 6.61 Å². The first-order valence-electron chi connectivity index (χ1n) is 4.15.